The molecule has 0 aromatic carbocycles. The van der Waals surface area contributed by atoms with Crippen LogP contribution in [0.4, 0.5) is 0 Å². The van der Waals surface area contributed by atoms with E-state index >= 15 is 0 Å². The average molecular weight is 213 g/mol. The van der Waals surface area contributed by atoms with Crippen LogP contribution in [0.1, 0.15) is 33.6 Å². The summed E-state index contributed by atoms with van der Waals surface area (Å²) < 4.78 is 0. The number of hydrogen-bond donors (Lipinski definition) is 0. The van der Waals surface area contributed by atoms with E-state index in [1.807, 2.05) is 26.0 Å². The third kappa shape index (κ3) is 3.47. The van der Waals surface area contributed by atoms with Crippen LogP contribution in [0.15, 0.2) is 48.0 Å². The lowest BCUT2D eigenvalue weighted by Crippen LogP contribution is -2.10. The van der Waals surface area contributed by atoms with E-state index in [-0.39, 0.29) is 0 Å². The van der Waals surface area contributed by atoms with E-state index in [9.17, 15) is 0 Å². The van der Waals surface area contributed by atoms with Gasteiger partial charge in [0.25, 0.3) is 0 Å². The van der Waals surface area contributed by atoms with Crippen molar-refractivity contribution in [2.75, 3.05) is 0 Å². The molecule has 1 nitrogen and oxygen atoms in total. The molecule has 0 unspecified atom stereocenters. The van der Waals surface area contributed by atoms with E-state index in [0.29, 0.717) is 0 Å². The third-order valence-corrected chi connectivity index (χ3v) is 2.24. The Labute approximate surface area is 98.8 Å². The van der Waals surface area contributed by atoms with Crippen LogP contribution >= 0.6 is 0 Å². The fourth-order valence-corrected chi connectivity index (χ4v) is 1.50. The highest BCUT2D eigenvalue weighted by Gasteiger charge is 2.05. The van der Waals surface area contributed by atoms with Crippen molar-refractivity contribution >= 4 is 0 Å². The van der Waals surface area contributed by atoms with Crippen LogP contribution in [0.2, 0.25) is 0 Å². The summed E-state index contributed by atoms with van der Waals surface area (Å²) in [5.41, 5.74) is 2.28. The molecule has 16 heavy (non-hydrogen) atoms. The molecule has 0 bridgehead atoms. The third-order valence-electron chi connectivity index (χ3n) is 2.24. The van der Waals surface area contributed by atoms with Crippen LogP contribution in [0.25, 0.3) is 0 Å². The van der Waals surface area contributed by atoms with E-state index in [2.05, 4.69) is 48.2 Å². The molecule has 0 spiro atoms. The van der Waals surface area contributed by atoms with Crippen molar-refractivity contribution in [2.45, 2.75) is 33.6 Å². The van der Waals surface area contributed by atoms with Gasteiger partial charge in [-0.25, -0.2) is 0 Å². The van der Waals surface area contributed by atoms with Crippen molar-refractivity contribution in [2.24, 2.45) is 0 Å². The lowest BCUT2D eigenvalue weighted by molar-refractivity contribution is 0.636. The predicted molar refractivity (Wildman–Crippen MR) is 70.3 cm³/mol. The van der Waals surface area contributed by atoms with Crippen LogP contribution in [-0.4, -0.2) is 4.90 Å². The number of allylic oxidation sites excluding steroid dienone is 5. The molecule has 1 aliphatic heterocycles. The normalized spacial score (nSPS) is 17.6. The fraction of sp³-hybridized carbons (Fsp3) is 0.333. The topological polar surface area (TPSA) is 3.24 Å². The minimum absolute atomic E-state index is 1.07. The molecule has 1 aliphatic rings. The molecule has 84 valence electrons. The second-order valence-electron chi connectivity index (χ2n) is 3.60. The van der Waals surface area contributed by atoms with Crippen LogP contribution in [-0.2, 0) is 0 Å². The fourth-order valence-electron chi connectivity index (χ4n) is 1.50. The first-order valence-electron chi connectivity index (χ1n) is 5.75. The van der Waals surface area contributed by atoms with Gasteiger partial charge in [-0.15, -0.1) is 5.92 Å². The van der Waals surface area contributed by atoms with Gasteiger partial charge in [-0.1, -0.05) is 31.4 Å². The van der Waals surface area contributed by atoms with Gasteiger partial charge >= 0.3 is 0 Å². The van der Waals surface area contributed by atoms with Crippen LogP contribution in [0, 0.1) is 11.8 Å². The number of hydrogen-bond acceptors (Lipinski definition) is 1. The van der Waals surface area contributed by atoms with Crippen LogP contribution < -0.4 is 0 Å². The second kappa shape index (κ2) is 6.74. The largest absolute Gasteiger partial charge is 0.324 e. The van der Waals surface area contributed by atoms with E-state index < -0.39 is 0 Å². The van der Waals surface area contributed by atoms with Crippen molar-refractivity contribution in [3.05, 3.63) is 48.0 Å². The molecule has 1 heterocycles. The molecule has 0 amide bonds. The molecular weight excluding hydrogens is 194 g/mol. The number of nitrogens with zero attached hydrogens (tertiary/aromatic N) is 1. The Kier molecular flexibility index (Phi) is 5.22. The summed E-state index contributed by atoms with van der Waals surface area (Å²) in [6.07, 6.45) is 14.8. The molecule has 0 fully saturated rings. The van der Waals surface area contributed by atoms with E-state index in [1.165, 1.54) is 12.1 Å². The molecule has 0 saturated heterocycles. The molecule has 0 aliphatic carbocycles. The minimum atomic E-state index is 1.07. The summed E-state index contributed by atoms with van der Waals surface area (Å²) in [7, 11) is 0. The van der Waals surface area contributed by atoms with Crippen molar-refractivity contribution in [3.8, 4) is 11.8 Å². The zero-order chi connectivity index (χ0) is 11.8. The van der Waals surface area contributed by atoms with Gasteiger partial charge in [-0.05, 0) is 32.4 Å². The Morgan fingerprint density at radius 2 is 2.25 bits per heavy atom. The van der Waals surface area contributed by atoms with Crippen molar-refractivity contribution in [1.29, 1.82) is 0 Å². The molecule has 0 aromatic heterocycles. The van der Waals surface area contributed by atoms with Crippen molar-refractivity contribution in [1.82, 2.24) is 4.90 Å². The predicted octanol–water partition coefficient (Wildman–Crippen LogP) is 3.98. The highest BCUT2D eigenvalue weighted by atomic mass is 15.1. The van der Waals surface area contributed by atoms with E-state index in [0.717, 1.165) is 12.0 Å². The molecule has 0 radical (unpaired) electrons. The molecule has 0 N–H and O–H groups in total. The monoisotopic (exact) mass is 213 g/mol. The first kappa shape index (κ1) is 12.4. The maximum atomic E-state index is 3.09. The lowest BCUT2D eigenvalue weighted by Gasteiger charge is -2.20. The number of rotatable bonds is 3. The van der Waals surface area contributed by atoms with Gasteiger partial charge in [0.05, 0.1) is 0 Å². The molecule has 1 heteroatoms. The zero-order valence-electron chi connectivity index (χ0n) is 10.3. The molecule has 1 rings (SSSR count). The first-order chi connectivity index (χ1) is 7.81. The quantitative estimate of drug-likeness (QED) is 0.641. The maximum Gasteiger partial charge on any atom is 0.0421 e. The SMILES string of the molecule is CC#CC1=C/C(=C\CCC)N(/C=C\C)C=C1. The smallest absolute Gasteiger partial charge is 0.0421 e. The summed E-state index contributed by atoms with van der Waals surface area (Å²) >= 11 is 0. The Morgan fingerprint density at radius 1 is 1.44 bits per heavy atom. The second-order valence-corrected chi connectivity index (χ2v) is 3.60. The van der Waals surface area contributed by atoms with Crippen molar-refractivity contribution < 1.29 is 0 Å². The Balaban J connectivity index is 2.93. The first-order valence-corrected chi connectivity index (χ1v) is 5.75. The molecule has 0 aromatic rings. The van der Waals surface area contributed by atoms with Gasteiger partial charge in [-0.2, -0.15) is 0 Å². The minimum Gasteiger partial charge on any atom is -0.324 e. The average Bonchev–Trinajstić information content (AvgIpc) is 2.30. The van der Waals surface area contributed by atoms with Gasteiger partial charge in [-0.3, -0.25) is 0 Å². The maximum absolute atomic E-state index is 3.09. The van der Waals surface area contributed by atoms with Gasteiger partial charge in [0.1, 0.15) is 0 Å². The summed E-state index contributed by atoms with van der Waals surface area (Å²) in [6.45, 7) is 6.07. The van der Waals surface area contributed by atoms with Crippen LogP contribution in [0.5, 0.6) is 0 Å². The highest BCUT2D eigenvalue weighted by Crippen LogP contribution is 2.18. The van der Waals surface area contributed by atoms with E-state index in [4.69, 9.17) is 0 Å². The van der Waals surface area contributed by atoms with Crippen molar-refractivity contribution in [3.63, 3.8) is 0 Å². The highest BCUT2D eigenvalue weighted by molar-refractivity contribution is 5.46. The Hall–Kier alpha value is -1.68. The number of unbranched alkanes of at least 4 members (excludes halogenated alkanes) is 1. The van der Waals surface area contributed by atoms with Gasteiger partial charge in [0.2, 0.25) is 0 Å². The van der Waals surface area contributed by atoms with Gasteiger partial charge < -0.3 is 4.90 Å². The Morgan fingerprint density at radius 3 is 2.88 bits per heavy atom. The standard InChI is InChI=1S/C15H19N/c1-4-7-9-15-13-14(8-5-2)10-12-16(15)11-6-3/h6,9-13H,4,7H2,1-3H3/b11-6-,15-9+. The van der Waals surface area contributed by atoms with Gasteiger partial charge in [0.15, 0.2) is 0 Å². The van der Waals surface area contributed by atoms with E-state index in [1.54, 1.807) is 0 Å². The zero-order valence-corrected chi connectivity index (χ0v) is 10.3. The molecule has 0 saturated carbocycles. The summed E-state index contributed by atoms with van der Waals surface area (Å²) in [5.74, 6) is 6.01. The Bertz CT molecular complexity index is 397. The summed E-state index contributed by atoms with van der Waals surface area (Å²) in [4.78, 5) is 2.12. The summed E-state index contributed by atoms with van der Waals surface area (Å²) in [5, 5.41) is 0. The molecular formula is C15H19N. The lowest BCUT2D eigenvalue weighted by atomic mass is 10.1. The van der Waals surface area contributed by atoms with Gasteiger partial charge in [0, 0.05) is 23.7 Å². The summed E-state index contributed by atoms with van der Waals surface area (Å²) in [6, 6.07) is 0. The molecule has 0 atom stereocenters. The van der Waals surface area contributed by atoms with Crippen LogP contribution in [0.3, 0.4) is 0 Å².